The zero-order valence-electron chi connectivity index (χ0n) is 13.4. The first-order valence-electron chi connectivity index (χ1n) is 8.08. The van der Waals surface area contributed by atoms with Crippen molar-refractivity contribution in [3.63, 3.8) is 0 Å². The van der Waals surface area contributed by atoms with Crippen LogP contribution in [0.4, 0.5) is 13.2 Å². The highest BCUT2D eigenvalue weighted by Crippen LogP contribution is 2.33. The van der Waals surface area contributed by atoms with E-state index >= 15 is 0 Å². The monoisotopic (exact) mass is 321 g/mol. The maximum absolute atomic E-state index is 12.8. The third-order valence-electron chi connectivity index (χ3n) is 4.73. The second-order valence-electron chi connectivity index (χ2n) is 6.63. The molecule has 7 heteroatoms. The van der Waals surface area contributed by atoms with Gasteiger partial charge in [-0.25, -0.2) is 0 Å². The van der Waals surface area contributed by atoms with E-state index in [-0.39, 0.29) is 25.4 Å². The Hall–Kier alpha value is -0.820. The Bertz CT molecular complexity index is 379. The van der Waals surface area contributed by atoms with Gasteiger partial charge >= 0.3 is 6.18 Å². The zero-order valence-corrected chi connectivity index (χ0v) is 13.4. The van der Waals surface area contributed by atoms with Crippen molar-refractivity contribution in [1.29, 1.82) is 0 Å². The van der Waals surface area contributed by atoms with Gasteiger partial charge in [-0.1, -0.05) is 0 Å². The standard InChI is InChI=1S/C15H26F3N3O/c1-12(2)20-8-6-19(7-9-20)11-14(22)21-5-3-4-13(10-21)15(16,17)18/h12-13H,3-11H2,1-2H3. The zero-order chi connectivity index (χ0) is 16.3. The molecule has 1 unspecified atom stereocenters. The van der Waals surface area contributed by atoms with Gasteiger partial charge in [0.05, 0.1) is 12.5 Å². The molecule has 0 N–H and O–H groups in total. The molecule has 0 aromatic heterocycles. The molecule has 0 aromatic carbocycles. The van der Waals surface area contributed by atoms with E-state index < -0.39 is 12.1 Å². The number of hydrogen-bond acceptors (Lipinski definition) is 3. The van der Waals surface area contributed by atoms with E-state index in [0.29, 0.717) is 19.0 Å². The molecule has 22 heavy (non-hydrogen) atoms. The summed E-state index contributed by atoms with van der Waals surface area (Å²) >= 11 is 0. The maximum atomic E-state index is 12.8. The van der Waals surface area contributed by atoms with Crippen LogP contribution in [0, 0.1) is 5.92 Å². The summed E-state index contributed by atoms with van der Waals surface area (Å²) in [5, 5.41) is 0. The van der Waals surface area contributed by atoms with Crippen molar-refractivity contribution in [1.82, 2.24) is 14.7 Å². The molecule has 2 aliphatic heterocycles. The molecular formula is C15H26F3N3O. The number of carbonyl (C=O) groups excluding carboxylic acids is 1. The summed E-state index contributed by atoms with van der Waals surface area (Å²) in [5.74, 6) is -1.52. The van der Waals surface area contributed by atoms with Gasteiger partial charge in [-0.15, -0.1) is 0 Å². The summed E-state index contributed by atoms with van der Waals surface area (Å²) in [6.07, 6.45) is -3.61. The molecule has 0 saturated carbocycles. The van der Waals surface area contributed by atoms with Gasteiger partial charge in [-0.05, 0) is 26.7 Å². The molecule has 0 aliphatic carbocycles. The average molecular weight is 321 g/mol. The first-order chi connectivity index (χ1) is 10.3. The van der Waals surface area contributed by atoms with Crippen LogP contribution in [0.3, 0.4) is 0 Å². The Kier molecular flexibility index (Phi) is 5.71. The predicted octanol–water partition coefficient (Wildman–Crippen LogP) is 1.81. The Morgan fingerprint density at radius 2 is 1.77 bits per heavy atom. The van der Waals surface area contributed by atoms with Gasteiger partial charge in [-0.2, -0.15) is 13.2 Å². The van der Waals surface area contributed by atoms with Crippen LogP contribution in [0.5, 0.6) is 0 Å². The van der Waals surface area contributed by atoms with E-state index in [1.165, 1.54) is 4.90 Å². The van der Waals surface area contributed by atoms with Crippen LogP contribution >= 0.6 is 0 Å². The van der Waals surface area contributed by atoms with Crippen LogP contribution in [-0.2, 0) is 4.79 Å². The third-order valence-corrected chi connectivity index (χ3v) is 4.73. The van der Waals surface area contributed by atoms with Crippen molar-refractivity contribution in [2.45, 2.75) is 38.9 Å². The van der Waals surface area contributed by atoms with Crippen LogP contribution in [0.1, 0.15) is 26.7 Å². The molecule has 128 valence electrons. The van der Waals surface area contributed by atoms with Crippen molar-refractivity contribution in [2.75, 3.05) is 45.8 Å². The minimum Gasteiger partial charge on any atom is -0.341 e. The van der Waals surface area contributed by atoms with Gasteiger partial charge in [0.1, 0.15) is 0 Å². The lowest BCUT2D eigenvalue weighted by atomic mass is 9.97. The largest absolute Gasteiger partial charge is 0.393 e. The number of hydrogen-bond donors (Lipinski definition) is 0. The minimum atomic E-state index is -4.19. The van der Waals surface area contributed by atoms with Crippen molar-refractivity contribution in [2.24, 2.45) is 5.92 Å². The first kappa shape index (κ1) is 17.5. The van der Waals surface area contributed by atoms with E-state index in [9.17, 15) is 18.0 Å². The number of piperazine rings is 1. The van der Waals surface area contributed by atoms with Crippen molar-refractivity contribution >= 4 is 5.91 Å². The van der Waals surface area contributed by atoms with E-state index in [4.69, 9.17) is 0 Å². The third kappa shape index (κ3) is 4.59. The van der Waals surface area contributed by atoms with Crippen molar-refractivity contribution in [3.05, 3.63) is 0 Å². The number of halogens is 3. The van der Waals surface area contributed by atoms with Crippen LogP contribution < -0.4 is 0 Å². The summed E-state index contributed by atoms with van der Waals surface area (Å²) < 4.78 is 38.4. The minimum absolute atomic E-state index is 0.139. The lowest BCUT2D eigenvalue weighted by Crippen LogP contribution is -2.53. The van der Waals surface area contributed by atoms with Gasteiger partial charge in [0.15, 0.2) is 0 Å². The van der Waals surface area contributed by atoms with Gasteiger partial charge in [-0.3, -0.25) is 14.6 Å². The molecule has 0 bridgehead atoms. The Morgan fingerprint density at radius 1 is 1.14 bits per heavy atom. The van der Waals surface area contributed by atoms with Gasteiger partial charge in [0.25, 0.3) is 0 Å². The number of likely N-dealkylation sites (tertiary alicyclic amines) is 1. The molecule has 2 saturated heterocycles. The highest BCUT2D eigenvalue weighted by atomic mass is 19.4. The molecule has 2 aliphatic rings. The quantitative estimate of drug-likeness (QED) is 0.793. The van der Waals surface area contributed by atoms with Crippen molar-refractivity contribution in [3.8, 4) is 0 Å². The lowest BCUT2D eigenvalue weighted by molar-refractivity contribution is -0.188. The molecule has 0 aromatic rings. The highest BCUT2D eigenvalue weighted by molar-refractivity contribution is 5.78. The van der Waals surface area contributed by atoms with Crippen molar-refractivity contribution < 1.29 is 18.0 Å². The smallest absolute Gasteiger partial charge is 0.341 e. The number of piperidine rings is 1. The van der Waals surface area contributed by atoms with Gasteiger partial charge < -0.3 is 4.90 Å². The summed E-state index contributed by atoms with van der Waals surface area (Å²) in [4.78, 5) is 18.1. The second kappa shape index (κ2) is 7.17. The maximum Gasteiger partial charge on any atom is 0.393 e. The number of carbonyl (C=O) groups is 1. The average Bonchev–Trinajstić information content (AvgIpc) is 2.47. The first-order valence-corrected chi connectivity index (χ1v) is 8.08. The van der Waals surface area contributed by atoms with E-state index in [1.807, 2.05) is 0 Å². The lowest BCUT2D eigenvalue weighted by Gasteiger charge is -2.38. The topological polar surface area (TPSA) is 26.8 Å². The summed E-state index contributed by atoms with van der Waals surface area (Å²) in [6, 6.07) is 0.493. The molecule has 1 atom stereocenters. The summed E-state index contributed by atoms with van der Waals surface area (Å²) in [6.45, 7) is 8.26. The van der Waals surface area contributed by atoms with Gasteiger partial charge in [0, 0.05) is 45.3 Å². The second-order valence-corrected chi connectivity index (χ2v) is 6.63. The van der Waals surface area contributed by atoms with E-state index in [2.05, 4.69) is 23.6 Å². The highest BCUT2D eigenvalue weighted by Gasteiger charge is 2.42. The van der Waals surface area contributed by atoms with Gasteiger partial charge in [0.2, 0.25) is 5.91 Å². The fraction of sp³-hybridized carbons (Fsp3) is 0.933. The molecule has 0 spiro atoms. The molecule has 0 radical (unpaired) electrons. The number of nitrogens with zero attached hydrogens (tertiary/aromatic N) is 3. The normalized spacial score (nSPS) is 25.7. The molecule has 2 fully saturated rings. The molecular weight excluding hydrogens is 295 g/mol. The van der Waals surface area contributed by atoms with Crippen LogP contribution in [0.25, 0.3) is 0 Å². The van der Waals surface area contributed by atoms with E-state index in [0.717, 1.165) is 26.2 Å². The predicted molar refractivity (Wildman–Crippen MR) is 78.5 cm³/mol. The molecule has 4 nitrogen and oxygen atoms in total. The molecule has 1 amide bonds. The Labute approximate surface area is 130 Å². The van der Waals surface area contributed by atoms with Crippen LogP contribution in [0.2, 0.25) is 0 Å². The van der Waals surface area contributed by atoms with Crippen LogP contribution in [0.15, 0.2) is 0 Å². The van der Waals surface area contributed by atoms with E-state index in [1.54, 1.807) is 0 Å². The molecule has 2 heterocycles. The van der Waals surface area contributed by atoms with Crippen LogP contribution in [-0.4, -0.2) is 78.6 Å². The fourth-order valence-electron chi connectivity index (χ4n) is 3.20. The number of amides is 1. The Morgan fingerprint density at radius 3 is 2.32 bits per heavy atom. The summed E-state index contributed by atoms with van der Waals surface area (Å²) in [7, 11) is 0. The number of rotatable bonds is 3. The summed E-state index contributed by atoms with van der Waals surface area (Å²) in [5.41, 5.74) is 0. The fourth-order valence-corrected chi connectivity index (χ4v) is 3.20. The Balaban J connectivity index is 1.80. The number of alkyl halides is 3. The molecule has 2 rings (SSSR count). The SMILES string of the molecule is CC(C)N1CCN(CC(=O)N2CCCC(C(F)(F)F)C2)CC1.